The number of nitrogens with one attached hydrogen (secondary N) is 1. The standard InChI is InChI=1S/C12H28N2O/c1-4-5-6-10-14(2)11-7-8-13-9-12-15-3/h13H,4-12H2,1-3H3. The molecule has 3 nitrogen and oxygen atoms in total. The van der Waals surface area contributed by atoms with Crippen LogP contribution in [0.5, 0.6) is 0 Å². The summed E-state index contributed by atoms with van der Waals surface area (Å²) in [6.07, 6.45) is 5.24. The zero-order valence-corrected chi connectivity index (χ0v) is 10.7. The summed E-state index contributed by atoms with van der Waals surface area (Å²) in [6, 6.07) is 0. The third-order valence-electron chi connectivity index (χ3n) is 2.52. The van der Waals surface area contributed by atoms with Gasteiger partial charge in [0.1, 0.15) is 0 Å². The number of unbranched alkanes of at least 4 members (excludes halogenated alkanes) is 2. The molecule has 0 bridgehead atoms. The van der Waals surface area contributed by atoms with Crippen LogP contribution in [0.25, 0.3) is 0 Å². The lowest BCUT2D eigenvalue weighted by molar-refractivity contribution is 0.199. The first-order valence-electron chi connectivity index (χ1n) is 6.19. The van der Waals surface area contributed by atoms with E-state index in [4.69, 9.17) is 4.74 Å². The lowest BCUT2D eigenvalue weighted by Gasteiger charge is -2.16. The summed E-state index contributed by atoms with van der Waals surface area (Å²) in [4.78, 5) is 2.42. The molecule has 0 aliphatic heterocycles. The molecule has 0 fully saturated rings. The second kappa shape index (κ2) is 12.0. The first-order chi connectivity index (χ1) is 7.31. The Morgan fingerprint density at radius 1 is 1.07 bits per heavy atom. The lowest BCUT2D eigenvalue weighted by Crippen LogP contribution is -2.26. The minimum atomic E-state index is 0.812. The van der Waals surface area contributed by atoms with Crippen LogP contribution in [0.4, 0.5) is 0 Å². The smallest absolute Gasteiger partial charge is 0.0587 e. The molecule has 0 aromatic carbocycles. The van der Waals surface area contributed by atoms with E-state index < -0.39 is 0 Å². The van der Waals surface area contributed by atoms with Crippen LogP contribution in [-0.2, 0) is 4.74 Å². The van der Waals surface area contributed by atoms with Crippen LogP contribution < -0.4 is 5.32 Å². The predicted octanol–water partition coefficient (Wildman–Crippen LogP) is 1.73. The van der Waals surface area contributed by atoms with Crippen molar-refractivity contribution in [2.75, 3.05) is 46.9 Å². The lowest BCUT2D eigenvalue weighted by atomic mass is 10.2. The molecule has 3 heteroatoms. The average Bonchev–Trinajstić information content (AvgIpc) is 2.23. The summed E-state index contributed by atoms with van der Waals surface area (Å²) in [7, 11) is 3.95. The molecule has 0 heterocycles. The van der Waals surface area contributed by atoms with E-state index in [1.54, 1.807) is 7.11 Å². The first kappa shape index (κ1) is 14.9. The molecule has 1 N–H and O–H groups in total. The molecule has 0 rings (SSSR count). The molecule has 0 amide bonds. The highest BCUT2D eigenvalue weighted by Crippen LogP contribution is 1.96. The summed E-state index contributed by atoms with van der Waals surface area (Å²) in [5.41, 5.74) is 0. The first-order valence-corrected chi connectivity index (χ1v) is 6.19. The molecule has 0 unspecified atom stereocenters. The predicted molar refractivity (Wildman–Crippen MR) is 66.4 cm³/mol. The number of rotatable bonds is 11. The minimum absolute atomic E-state index is 0.812. The number of methoxy groups -OCH3 is 1. The Hall–Kier alpha value is -0.120. The molecule has 0 atom stereocenters. The molecule has 15 heavy (non-hydrogen) atoms. The van der Waals surface area contributed by atoms with Gasteiger partial charge in [-0.05, 0) is 39.5 Å². The Labute approximate surface area is 95.2 Å². The maximum atomic E-state index is 4.96. The van der Waals surface area contributed by atoms with Gasteiger partial charge in [0, 0.05) is 13.7 Å². The maximum Gasteiger partial charge on any atom is 0.0587 e. The zero-order chi connectivity index (χ0) is 11.4. The molecular weight excluding hydrogens is 188 g/mol. The molecule has 0 aromatic rings. The van der Waals surface area contributed by atoms with Crippen LogP contribution in [0.1, 0.15) is 32.6 Å². The van der Waals surface area contributed by atoms with E-state index in [1.807, 2.05) is 0 Å². The SMILES string of the molecule is CCCCCN(C)CCCNCCOC. The molecule has 0 aromatic heterocycles. The van der Waals surface area contributed by atoms with Gasteiger partial charge < -0.3 is 15.0 Å². The van der Waals surface area contributed by atoms with Crippen LogP contribution in [0.2, 0.25) is 0 Å². The molecule has 0 aliphatic rings. The summed E-state index contributed by atoms with van der Waals surface area (Å²) in [5, 5.41) is 3.36. The minimum Gasteiger partial charge on any atom is -0.383 e. The normalized spacial score (nSPS) is 11.2. The molecule has 92 valence electrons. The zero-order valence-electron chi connectivity index (χ0n) is 10.7. The van der Waals surface area contributed by atoms with Crippen molar-refractivity contribution in [2.45, 2.75) is 32.6 Å². The van der Waals surface area contributed by atoms with Crippen molar-refractivity contribution in [1.82, 2.24) is 10.2 Å². The molecule has 0 radical (unpaired) electrons. The Morgan fingerprint density at radius 3 is 2.47 bits per heavy atom. The van der Waals surface area contributed by atoms with Crippen molar-refractivity contribution in [3.63, 3.8) is 0 Å². The van der Waals surface area contributed by atoms with Gasteiger partial charge in [-0.1, -0.05) is 19.8 Å². The van der Waals surface area contributed by atoms with Gasteiger partial charge in [0.15, 0.2) is 0 Å². The Balaban J connectivity index is 3.06. The van der Waals surface area contributed by atoms with Crippen molar-refractivity contribution < 1.29 is 4.74 Å². The van der Waals surface area contributed by atoms with Gasteiger partial charge in [0.25, 0.3) is 0 Å². The van der Waals surface area contributed by atoms with E-state index >= 15 is 0 Å². The highest BCUT2D eigenvalue weighted by Gasteiger charge is 1.96. The third kappa shape index (κ3) is 11.8. The fraction of sp³-hybridized carbons (Fsp3) is 1.00. The van der Waals surface area contributed by atoms with Gasteiger partial charge in [-0.2, -0.15) is 0 Å². The van der Waals surface area contributed by atoms with Crippen LogP contribution >= 0.6 is 0 Å². The number of ether oxygens (including phenoxy) is 1. The van der Waals surface area contributed by atoms with E-state index in [9.17, 15) is 0 Å². The van der Waals surface area contributed by atoms with Crippen LogP contribution in [0.15, 0.2) is 0 Å². The highest BCUT2D eigenvalue weighted by molar-refractivity contribution is 4.54. The van der Waals surface area contributed by atoms with E-state index in [0.29, 0.717) is 0 Å². The van der Waals surface area contributed by atoms with Crippen molar-refractivity contribution >= 4 is 0 Å². The second-order valence-corrected chi connectivity index (χ2v) is 4.11. The third-order valence-corrected chi connectivity index (χ3v) is 2.52. The second-order valence-electron chi connectivity index (χ2n) is 4.11. The van der Waals surface area contributed by atoms with Gasteiger partial charge in [0.05, 0.1) is 6.61 Å². The topological polar surface area (TPSA) is 24.5 Å². The van der Waals surface area contributed by atoms with Gasteiger partial charge in [-0.25, -0.2) is 0 Å². The largest absolute Gasteiger partial charge is 0.383 e. The molecule has 0 aliphatic carbocycles. The summed E-state index contributed by atoms with van der Waals surface area (Å²) in [6.45, 7) is 7.57. The van der Waals surface area contributed by atoms with Crippen LogP contribution in [0.3, 0.4) is 0 Å². The molecule has 0 spiro atoms. The number of nitrogens with zero attached hydrogens (tertiary/aromatic N) is 1. The van der Waals surface area contributed by atoms with Crippen LogP contribution in [0, 0.1) is 0 Å². The highest BCUT2D eigenvalue weighted by atomic mass is 16.5. The van der Waals surface area contributed by atoms with Crippen molar-refractivity contribution in [1.29, 1.82) is 0 Å². The van der Waals surface area contributed by atoms with E-state index in [2.05, 4.69) is 24.2 Å². The molecular formula is C12H28N2O. The maximum absolute atomic E-state index is 4.96. The van der Waals surface area contributed by atoms with E-state index in [-0.39, 0.29) is 0 Å². The van der Waals surface area contributed by atoms with Gasteiger partial charge in [-0.3, -0.25) is 0 Å². The Bertz CT molecular complexity index is 120. The monoisotopic (exact) mass is 216 g/mol. The quantitative estimate of drug-likeness (QED) is 0.532. The number of hydrogen-bond acceptors (Lipinski definition) is 3. The van der Waals surface area contributed by atoms with Crippen molar-refractivity contribution in [3.05, 3.63) is 0 Å². The summed E-state index contributed by atoms with van der Waals surface area (Å²) >= 11 is 0. The molecule has 0 saturated carbocycles. The summed E-state index contributed by atoms with van der Waals surface area (Å²) < 4.78 is 4.96. The van der Waals surface area contributed by atoms with Gasteiger partial charge in [-0.15, -0.1) is 0 Å². The van der Waals surface area contributed by atoms with Gasteiger partial charge >= 0.3 is 0 Å². The van der Waals surface area contributed by atoms with E-state index in [1.165, 1.54) is 38.8 Å². The Morgan fingerprint density at radius 2 is 1.80 bits per heavy atom. The molecule has 0 saturated heterocycles. The fourth-order valence-corrected chi connectivity index (χ4v) is 1.52. The van der Waals surface area contributed by atoms with E-state index in [0.717, 1.165) is 19.7 Å². The summed E-state index contributed by atoms with van der Waals surface area (Å²) in [5.74, 6) is 0. The van der Waals surface area contributed by atoms with Crippen LogP contribution in [-0.4, -0.2) is 51.8 Å². The van der Waals surface area contributed by atoms with Crippen molar-refractivity contribution in [2.24, 2.45) is 0 Å². The fourth-order valence-electron chi connectivity index (χ4n) is 1.52. The number of hydrogen-bond donors (Lipinski definition) is 1. The average molecular weight is 216 g/mol. The van der Waals surface area contributed by atoms with Crippen molar-refractivity contribution in [3.8, 4) is 0 Å². The van der Waals surface area contributed by atoms with Gasteiger partial charge in [0.2, 0.25) is 0 Å². The Kier molecular flexibility index (Phi) is 11.9.